The zero-order valence-corrected chi connectivity index (χ0v) is 14.6. The van der Waals surface area contributed by atoms with Crippen LogP contribution in [0.15, 0.2) is 23.4 Å². The molecule has 1 aliphatic carbocycles. The summed E-state index contributed by atoms with van der Waals surface area (Å²) in [5.74, 6) is 0.411. The molecule has 3 rings (SSSR count). The third-order valence-electron chi connectivity index (χ3n) is 4.55. The minimum atomic E-state index is -0.284. The van der Waals surface area contributed by atoms with E-state index in [-0.39, 0.29) is 17.3 Å². The molecule has 2 heterocycles. The molecule has 1 fully saturated rings. The molecule has 0 unspecified atom stereocenters. The summed E-state index contributed by atoms with van der Waals surface area (Å²) in [5, 5.41) is 6.82. The quantitative estimate of drug-likeness (QED) is 0.846. The monoisotopic (exact) mass is 345 g/mol. The molecule has 25 heavy (non-hydrogen) atoms. The molecule has 8 heteroatoms. The Morgan fingerprint density at radius 2 is 2.16 bits per heavy atom. The van der Waals surface area contributed by atoms with E-state index in [0.717, 1.165) is 18.5 Å². The summed E-state index contributed by atoms with van der Waals surface area (Å²) in [6.07, 6.45) is 7.81. The second kappa shape index (κ2) is 7.50. The highest BCUT2D eigenvalue weighted by molar-refractivity contribution is 5.96. The normalized spacial score (nSPS) is 14.6. The molecule has 0 saturated heterocycles. The van der Waals surface area contributed by atoms with Crippen molar-refractivity contribution < 1.29 is 9.53 Å². The number of amides is 1. The first kappa shape index (κ1) is 17.2. The standard InChI is InChI=1S/C17H23N5O3/c1-21-10-13(17(20-21)25-2)16(24)18-7-8-22-11-19-14(9-15(22)23)12-5-3-4-6-12/h9-12H,3-8H2,1-2H3,(H,18,24). The summed E-state index contributed by atoms with van der Waals surface area (Å²) in [5.41, 5.74) is 1.18. The van der Waals surface area contributed by atoms with Gasteiger partial charge in [0.25, 0.3) is 11.5 Å². The van der Waals surface area contributed by atoms with Gasteiger partial charge in [0, 0.05) is 38.3 Å². The first-order valence-electron chi connectivity index (χ1n) is 8.50. The predicted molar refractivity (Wildman–Crippen MR) is 91.8 cm³/mol. The maximum Gasteiger partial charge on any atom is 0.258 e. The number of ether oxygens (including phenoxy) is 1. The van der Waals surface area contributed by atoms with Gasteiger partial charge in [0.15, 0.2) is 0 Å². The fraction of sp³-hybridized carbons (Fsp3) is 0.529. The van der Waals surface area contributed by atoms with E-state index in [4.69, 9.17) is 4.74 Å². The average Bonchev–Trinajstić information content (AvgIpc) is 3.25. The molecule has 0 aromatic carbocycles. The van der Waals surface area contributed by atoms with Crippen LogP contribution in [0.5, 0.6) is 5.88 Å². The number of nitrogens with one attached hydrogen (secondary N) is 1. The van der Waals surface area contributed by atoms with Gasteiger partial charge < -0.3 is 10.1 Å². The molecular formula is C17H23N5O3. The maximum atomic E-state index is 12.2. The molecule has 2 aromatic heterocycles. The fourth-order valence-electron chi connectivity index (χ4n) is 3.21. The van der Waals surface area contributed by atoms with Gasteiger partial charge in [-0.2, -0.15) is 0 Å². The van der Waals surface area contributed by atoms with Crippen molar-refractivity contribution in [2.45, 2.75) is 38.1 Å². The number of hydrogen-bond donors (Lipinski definition) is 1. The number of carbonyl (C=O) groups is 1. The lowest BCUT2D eigenvalue weighted by Gasteiger charge is -2.10. The van der Waals surface area contributed by atoms with Crippen LogP contribution in [0, 0.1) is 0 Å². The lowest BCUT2D eigenvalue weighted by molar-refractivity contribution is 0.0949. The zero-order valence-electron chi connectivity index (χ0n) is 14.6. The summed E-state index contributed by atoms with van der Waals surface area (Å²) in [7, 11) is 3.19. The van der Waals surface area contributed by atoms with Gasteiger partial charge >= 0.3 is 0 Å². The van der Waals surface area contributed by atoms with Crippen LogP contribution >= 0.6 is 0 Å². The number of hydrogen-bond acceptors (Lipinski definition) is 5. The molecule has 2 aromatic rings. The van der Waals surface area contributed by atoms with E-state index in [1.807, 2.05) is 0 Å². The third-order valence-corrected chi connectivity index (χ3v) is 4.55. The van der Waals surface area contributed by atoms with Crippen molar-refractivity contribution in [3.05, 3.63) is 40.2 Å². The van der Waals surface area contributed by atoms with Crippen LogP contribution in [-0.4, -0.2) is 38.9 Å². The molecule has 0 bridgehead atoms. The number of aromatic nitrogens is 4. The summed E-state index contributed by atoms with van der Waals surface area (Å²) in [6, 6.07) is 1.63. The van der Waals surface area contributed by atoms with Crippen LogP contribution in [0.1, 0.15) is 47.7 Å². The molecule has 1 N–H and O–H groups in total. The highest BCUT2D eigenvalue weighted by Gasteiger charge is 2.19. The second-order valence-corrected chi connectivity index (χ2v) is 6.31. The van der Waals surface area contributed by atoms with Gasteiger partial charge in [-0.05, 0) is 12.8 Å². The summed E-state index contributed by atoms with van der Waals surface area (Å²) >= 11 is 0. The smallest absolute Gasteiger partial charge is 0.258 e. The van der Waals surface area contributed by atoms with Crippen LogP contribution < -0.4 is 15.6 Å². The molecule has 134 valence electrons. The fourth-order valence-corrected chi connectivity index (χ4v) is 3.21. The summed E-state index contributed by atoms with van der Waals surface area (Å²) in [6.45, 7) is 0.687. The molecule has 8 nitrogen and oxygen atoms in total. The first-order chi connectivity index (χ1) is 12.1. The van der Waals surface area contributed by atoms with Crippen LogP contribution in [0.25, 0.3) is 0 Å². The Labute approximate surface area is 145 Å². The van der Waals surface area contributed by atoms with Crippen LogP contribution in [0.4, 0.5) is 0 Å². The van der Waals surface area contributed by atoms with Crippen LogP contribution in [-0.2, 0) is 13.6 Å². The molecule has 0 atom stereocenters. The Kier molecular flexibility index (Phi) is 5.16. The largest absolute Gasteiger partial charge is 0.479 e. The molecule has 1 amide bonds. The number of methoxy groups -OCH3 is 1. The van der Waals surface area contributed by atoms with Crippen molar-refractivity contribution in [3.8, 4) is 5.88 Å². The number of rotatable bonds is 6. The Hall–Kier alpha value is -2.64. The molecular weight excluding hydrogens is 322 g/mol. The zero-order chi connectivity index (χ0) is 17.8. The Bertz CT molecular complexity index is 805. The van der Waals surface area contributed by atoms with Gasteiger partial charge in [-0.3, -0.25) is 18.8 Å². The number of aryl methyl sites for hydroxylation is 1. The average molecular weight is 345 g/mol. The van der Waals surface area contributed by atoms with Gasteiger partial charge in [0.1, 0.15) is 5.56 Å². The molecule has 1 aliphatic rings. The number of carbonyl (C=O) groups excluding carboxylic acids is 1. The Balaban J connectivity index is 1.58. The minimum Gasteiger partial charge on any atom is -0.479 e. The number of nitrogens with zero attached hydrogens (tertiary/aromatic N) is 4. The van der Waals surface area contributed by atoms with E-state index >= 15 is 0 Å². The van der Waals surface area contributed by atoms with E-state index in [1.54, 1.807) is 25.6 Å². The van der Waals surface area contributed by atoms with Crippen molar-refractivity contribution in [3.63, 3.8) is 0 Å². The van der Waals surface area contributed by atoms with E-state index in [2.05, 4.69) is 15.4 Å². The van der Waals surface area contributed by atoms with E-state index in [1.165, 1.54) is 29.2 Å². The highest BCUT2D eigenvalue weighted by Crippen LogP contribution is 2.32. The molecule has 1 saturated carbocycles. The highest BCUT2D eigenvalue weighted by atomic mass is 16.5. The van der Waals surface area contributed by atoms with Crippen molar-refractivity contribution in [1.82, 2.24) is 24.6 Å². The van der Waals surface area contributed by atoms with E-state index in [0.29, 0.717) is 24.6 Å². The second-order valence-electron chi connectivity index (χ2n) is 6.31. The third kappa shape index (κ3) is 3.89. The van der Waals surface area contributed by atoms with Crippen molar-refractivity contribution in [2.75, 3.05) is 13.7 Å². The van der Waals surface area contributed by atoms with Crippen molar-refractivity contribution in [1.29, 1.82) is 0 Å². The lowest BCUT2D eigenvalue weighted by Crippen LogP contribution is -2.31. The van der Waals surface area contributed by atoms with Gasteiger partial charge in [-0.1, -0.05) is 12.8 Å². The topological polar surface area (TPSA) is 91.0 Å². The van der Waals surface area contributed by atoms with Gasteiger partial charge in [0.2, 0.25) is 5.88 Å². The molecule has 0 aliphatic heterocycles. The minimum absolute atomic E-state index is 0.0786. The van der Waals surface area contributed by atoms with Crippen LogP contribution in [0.2, 0.25) is 0 Å². The van der Waals surface area contributed by atoms with Gasteiger partial charge in [0.05, 0.1) is 19.1 Å². The van der Waals surface area contributed by atoms with E-state index in [9.17, 15) is 9.59 Å². The van der Waals surface area contributed by atoms with E-state index < -0.39 is 0 Å². The lowest BCUT2D eigenvalue weighted by atomic mass is 10.0. The predicted octanol–water partition coefficient (Wildman–Crippen LogP) is 1.07. The SMILES string of the molecule is COc1nn(C)cc1C(=O)NCCn1cnc(C2CCCC2)cc1=O. The van der Waals surface area contributed by atoms with Gasteiger partial charge in [-0.25, -0.2) is 4.98 Å². The van der Waals surface area contributed by atoms with Crippen molar-refractivity contribution >= 4 is 5.91 Å². The van der Waals surface area contributed by atoms with Crippen LogP contribution in [0.3, 0.4) is 0 Å². The first-order valence-corrected chi connectivity index (χ1v) is 8.50. The Morgan fingerprint density at radius 1 is 1.40 bits per heavy atom. The molecule has 0 spiro atoms. The summed E-state index contributed by atoms with van der Waals surface area (Å²) in [4.78, 5) is 28.8. The summed E-state index contributed by atoms with van der Waals surface area (Å²) < 4.78 is 8.11. The van der Waals surface area contributed by atoms with Crippen molar-refractivity contribution in [2.24, 2.45) is 7.05 Å². The molecule has 0 radical (unpaired) electrons. The Morgan fingerprint density at radius 3 is 2.84 bits per heavy atom. The van der Waals surface area contributed by atoms with Gasteiger partial charge in [-0.15, -0.1) is 5.10 Å². The maximum absolute atomic E-state index is 12.2.